The zero-order valence-electron chi connectivity index (χ0n) is 16.0. The molecular formula is C20H19ClN2O5S. The molecule has 1 atom stereocenters. The Morgan fingerprint density at radius 1 is 1.24 bits per heavy atom. The molecule has 152 valence electrons. The first kappa shape index (κ1) is 20.9. The number of rotatable bonds is 6. The first-order valence-electron chi connectivity index (χ1n) is 8.65. The van der Waals surface area contributed by atoms with Crippen molar-refractivity contribution in [1.29, 1.82) is 0 Å². The van der Waals surface area contributed by atoms with E-state index < -0.39 is 17.7 Å². The Labute approximate surface area is 176 Å². The van der Waals surface area contributed by atoms with Crippen LogP contribution in [0.25, 0.3) is 10.2 Å². The van der Waals surface area contributed by atoms with Crippen LogP contribution < -0.4 is 9.64 Å². The minimum Gasteiger partial charge on any atom is -0.486 e. The van der Waals surface area contributed by atoms with Crippen LogP contribution in [0, 0.1) is 6.92 Å². The highest BCUT2D eigenvalue weighted by Crippen LogP contribution is 2.29. The van der Waals surface area contributed by atoms with Crippen LogP contribution in [0.1, 0.15) is 17.5 Å². The number of para-hydroxylation sites is 1. The lowest BCUT2D eigenvalue weighted by molar-refractivity contribution is -0.142. The van der Waals surface area contributed by atoms with Crippen LogP contribution in [0.15, 0.2) is 42.5 Å². The number of ether oxygens (including phenoxy) is 3. The van der Waals surface area contributed by atoms with Gasteiger partial charge in [0.2, 0.25) is 0 Å². The number of carbonyl (C=O) groups excluding carboxylic acids is 2. The van der Waals surface area contributed by atoms with E-state index in [-0.39, 0.29) is 0 Å². The zero-order chi connectivity index (χ0) is 21.0. The molecule has 0 aliphatic heterocycles. The molecular weight excluding hydrogens is 416 g/mol. The third kappa shape index (κ3) is 4.96. The molecule has 0 fully saturated rings. The topological polar surface area (TPSA) is 78.0 Å². The van der Waals surface area contributed by atoms with Gasteiger partial charge in [-0.05, 0) is 42.8 Å². The van der Waals surface area contributed by atoms with Crippen LogP contribution in [0.2, 0.25) is 0 Å². The maximum Gasteiger partial charge on any atom is 0.418 e. The predicted molar refractivity (Wildman–Crippen MR) is 111 cm³/mol. The van der Waals surface area contributed by atoms with E-state index in [1.54, 1.807) is 36.5 Å². The summed E-state index contributed by atoms with van der Waals surface area (Å²) < 4.78 is 16.6. The third-order valence-corrected chi connectivity index (χ3v) is 5.26. The summed E-state index contributed by atoms with van der Waals surface area (Å²) in [7, 11) is 1.22. The Bertz CT molecular complexity index is 1010. The van der Waals surface area contributed by atoms with Gasteiger partial charge in [-0.1, -0.05) is 23.7 Å². The van der Waals surface area contributed by atoms with E-state index in [1.807, 2.05) is 24.3 Å². The second kappa shape index (κ2) is 9.11. The molecule has 29 heavy (non-hydrogen) atoms. The molecule has 9 heteroatoms. The number of thiazole rings is 1. The number of hydrogen-bond acceptors (Lipinski definition) is 7. The van der Waals surface area contributed by atoms with Gasteiger partial charge in [0.15, 0.2) is 0 Å². The number of fused-ring (bicyclic) bond motifs is 1. The maximum atomic E-state index is 12.2. The van der Waals surface area contributed by atoms with Gasteiger partial charge in [-0.3, -0.25) is 4.79 Å². The summed E-state index contributed by atoms with van der Waals surface area (Å²) in [5.41, 5.74) is 0.726. The fourth-order valence-electron chi connectivity index (χ4n) is 2.69. The average Bonchev–Trinajstić information content (AvgIpc) is 3.10. The summed E-state index contributed by atoms with van der Waals surface area (Å²) in [6.07, 6.45) is -0.752. The highest BCUT2D eigenvalue weighted by atomic mass is 35.5. The minimum atomic E-state index is -1.34. The van der Waals surface area contributed by atoms with Gasteiger partial charge in [0.1, 0.15) is 17.4 Å². The van der Waals surface area contributed by atoms with Gasteiger partial charge >= 0.3 is 12.1 Å². The number of halogens is 1. The van der Waals surface area contributed by atoms with E-state index in [4.69, 9.17) is 25.8 Å². The number of alkyl halides is 1. The Morgan fingerprint density at radius 2 is 2.00 bits per heavy atom. The SMILES string of the molecule is COC(=O)N(c1ccc(OCc2nc3ccccc3s2)cc1C)C(Cl)OC(C)=O. The highest BCUT2D eigenvalue weighted by molar-refractivity contribution is 7.18. The second-order valence-corrected chi connectivity index (χ2v) is 7.54. The minimum absolute atomic E-state index is 0.324. The van der Waals surface area contributed by atoms with Crippen molar-refractivity contribution in [3.8, 4) is 5.75 Å². The number of aromatic nitrogens is 1. The van der Waals surface area contributed by atoms with Crippen LogP contribution in [0.3, 0.4) is 0 Å². The number of methoxy groups -OCH3 is 1. The fourth-order valence-corrected chi connectivity index (χ4v) is 3.88. The van der Waals surface area contributed by atoms with Crippen molar-refractivity contribution >= 4 is 50.9 Å². The lowest BCUT2D eigenvalue weighted by atomic mass is 10.2. The van der Waals surface area contributed by atoms with Crippen LogP contribution >= 0.6 is 22.9 Å². The molecule has 1 aromatic heterocycles. The van der Waals surface area contributed by atoms with Gasteiger partial charge in [-0.25, -0.2) is 14.7 Å². The number of hydrogen-bond donors (Lipinski definition) is 0. The second-order valence-electron chi connectivity index (χ2n) is 6.05. The Balaban J connectivity index is 1.76. The van der Waals surface area contributed by atoms with E-state index >= 15 is 0 Å². The van der Waals surface area contributed by atoms with Crippen molar-refractivity contribution in [3.63, 3.8) is 0 Å². The Kier molecular flexibility index (Phi) is 6.56. The van der Waals surface area contributed by atoms with Crippen molar-refractivity contribution in [2.45, 2.75) is 26.1 Å². The van der Waals surface area contributed by atoms with E-state index in [0.717, 1.165) is 20.1 Å². The molecule has 0 saturated heterocycles. The van der Waals surface area contributed by atoms with E-state index in [1.165, 1.54) is 14.0 Å². The first-order valence-corrected chi connectivity index (χ1v) is 9.90. The summed E-state index contributed by atoms with van der Waals surface area (Å²) in [6, 6.07) is 13.0. The third-order valence-electron chi connectivity index (χ3n) is 3.97. The number of benzene rings is 2. The lowest BCUT2D eigenvalue weighted by Gasteiger charge is -2.26. The zero-order valence-corrected chi connectivity index (χ0v) is 17.6. The molecule has 0 bridgehead atoms. The van der Waals surface area contributed by atoms with Crippen molar-refractivity contribution in [3.05, 3.63) is 53.0 Å². The molecule has 0 spiro atoms. The number of nitrogens with zero attached hydrogens (tertiary/aromatic N) is 2. The average molecular weight is 435 g/mol. The van der Waals surface area contributed by atoms with Gasteiger partial charge < -0.3 is 14.2 Å². The molecule has 7 nitrogen and oxygen atoms in total. The predicted octanol–water partition coefficient (Wildman–Crippen LogP) is 4.84. The smallest absolute Gasteiger partial charge is 0.418 e. The Morgan fingerprint density at radius 3 is 2.66 bits per heavy atom. The van der Waals surface area contributed by atoms with Crippen molar-refractivity contribution in [2.75, 3.05) is 12.0 Å². The maximum absolute atomic E-state index is 12.2. The summed E-state index contributed by atoms with van der Waals surface area (Å²) in [5.74, 6) is -0.0127. The van der Waals surface area contributed by atoms with Crippen LogP contribution in [-0.2, 0) is 20.9 Å². The van der Waals surface area contributed by atoms with Gasteiger partial charge in [0.25, 0.3) is 5.69 Å². The van der Waals surface area contributed by atoms with Gasteiger partial charge in [0, 0.05) is 6.92 Å². The monoisotopic (exact) mass is 434 g/mol. The molecule has 1 unspecified atom stereocenters. The molecule has 0 radical (unpaired) electrons. The molecule has 1 amide bonds. The quantitative estimate of drug-likeness (QED) is 0.239. The highest BCUT2D eigenvalue weighted by Gasteiger charge is 2.28. The van der Waals surface area contributed by atoms with Gasteiger partial charge in [-0.2, -0.15) is 0 Å². The van der Waals surface area contributed by atoms with Gasteiger partial charge in [-0.15, -0.1) is 11.3 Å². The summed E-state index contributed by atoms with van der Waals surface area (Å²) in [5, 5.41) is 0.861. The lowest BCUT2D eigenvalue weighted by Crippen LogP contribution is -2.40. The molecule has 0 N–H and O–H groups in total. The van der Waals surface area contributed by atoms with E-state index in [2.05, 4.69) is 4.98 Å². The summed E-state index contributed by atoms with van der Waals surface area (Å²) in [4.78, 5) is 29.0. The van der Waals surface area contributed by atoms with Crippen molar-refractivity contribution < 1.29 is 23.8 Å². The summed E-state index contributed by atoms with van der Waals surface area (Å²) in [6.45, 7) is 3.31. The number of carbonyl (C=O) groups is 2. The van der Waals surface area contributed by atoms with E-state index in [9.17, 15) is 9.59 Å². The number of esters is 1. The van der Waals surface area contributed by atoms with E-state index in [0.29, 0.717) is 23.6 Å². The molecule has 1 heterocycles. The normalized spacial score (nSPS) is 11.7. The summed E-state index contributed by atoms with van der Waals surface area (Å²) >= 11 is 7.66. The molecule has 2 aromatic carbocycles. The molecule has 0 aliphatic rings. The van der Waals surface area contributed by atoms with Gasteiger partial charge in [0.05, 0.1) is 23.0 Å². The molecule has 3 aromatic rings. The van der Waals surface area contributed by atoms with Crippen molar-refractivity contribution in [2.24, 2.45) is 0 Å². The number of anilines is 1. The van der Waals surface area contributed by atoms with Crippen molar-refractivity contribution in [1.82, 2.24) is 4.98 Å². The number of amides is 1. The fraction of sp³-hybridized carbons (Fsp3) is 0.250. The van der Waals surface area contributed by atoms with Crippen LogP contribution in [0.5, 0.6) is 5.75 Å². The largest absolute Gasteiger partial charge is 0.486 e. The molecule has 0 saturated carbocycles. The Hall–Kier alpha value is -2.84. The standard InChI is InChI=1S/C20H19ClN2O5S/c1-12-10-14(27-11-18-22-15-6-4-5-7-17(15)29-18)8-9-16(12)23(20(25)26-3)19(21)28-13(2)24/h4-10,19H,11H2,1-3H3. The van der Waals surface area contributed by atoms with Crippen LogP contribution in [-0.4, -0.2) is 29.8 Å². The first-order chi connectivity index (χ1) is 13.9. The van der Waals surface area contributed by atoms with Crippen LogP contribution in [0.4, 0.5) is 10.5 Å². The number of aryl methyl sites for hydroxylation is 1. The molecule has 3 rings (SSSR count). The molecule has 0 aliphatic carbocycles.